The first-order valence-corrected chi connectivity index (χ1v) is 3.92. The Morgan fingerprint density at radius 2 is 2.14 bits per heavy atom. The maximum atomic E-state index is 13.0. The summed E-state index contributed by atoms with van der Waals surface area (Å²) in [5.41, 5.74) is -0.359. The zero-order valence-electron chi connectivity index (χ0n) is 7.11. The predicted octanol–water partition coefficient (Wildman–Crippen LogP) is 2.80. The van der Waals surface area contributed by atoms with Crippen LogP contribution in [0.3, 0.4) is 0 Å². The standard InChI is InChI=1S/C8H6ClF2NO2/c1-14-8(13)12-6-3-4(9)2-5(10)7(6)11/h2-3H,1H3,(H,12,13). The first-order valence-electron chi connectivity index (χ1n) is 3.54. The van der Waals surface area contributed by atoms with Gasteiger partial charge in [0.25, 0.3) is 0 Å². The molecular formula is C8H6ClF2NO2. The number of ether oxygens (including phenoxy) is 1. The van der Waals surface area contributed by atoms with Crippen molar-refractivity contribution in [2.75, 3.05) is 12.4 Å². The van der Waals surface area contributed by atoms with Crippen molar-refractivity contribution >= 4 is 23.4 Å². The highest BCUT2D eigenvalue weighted by Gasteiger charge is 2.12. The number of amides is 1. The van der Waals surface area contributed by atoms with Gasteiger partial charge >= 0.3 is 6.09 Å². The molecule has 0 aliphatic carbocycles. The molecule has 1 rings (SSSR count). The molecule has 0 aliphatic heterocycles. The van der Waals surface area contributed by atoms with Gasteiger partial charge in [0.05, 0.1) is 12.8 Å². The van der Waals surface area contributed by atoms with Crippen molar-refractivity contribution in [2.24, 2.45) is 0 Å². The van der Waals surface area contributed by atoms with Crippen LogP contribution in [0.15, 0.2) is 12.1 Å². The Hall–Kier alpha value is -1.36. The number of nitrogens with one attached hydrogen (secondary N) is 1. The smallest absolute Gasteiger partial charge is 0.411 e. The lowest BCUT2D eigenvalue weighted by Crippen LogP contribution is -2.12. The van der Waals surface area contributed by atoms with Crippen LogP contribution in [-0.2, 0) is 4.74 Å². The highest BCUT2D eigenvalue weighted by molar-refractivity contribution is 6.30. The van der Waals surface area contributed by atoms with E-state index in [1.54, 1.807) is 0 Å². The number of carbonyl (C=O) groups is 1. The molecule has 0 saturated heterocycles. The second kappa shape index (κ2) is 4.23. The van der Waals surface area contributed by atoms with E-state index in [2.05, 4.69) is 4.74 Å². The average molecular weight is 222 g/mol. The fourth-order valence-corrected chi connectivity index (χ4v) is 1.01. The Morgan fingerprint density at radius 1 is 1.50 bits per heavy atom. The van der Waals surface area contributed by atoms with Crippen molar-refractivity contribution in [3.05, 3.63) is 28.8 Å². The zero-order valence-corrected chi connectivity index (χ0v) is 7.86. The van der Waals surface area contributed by atoms with Crippen LogP contribution in [0.4, 0.5) is 19.3 Å². The van der Waals surface area contributed by atoms with E-state index in [-0.39, 0.29) is 10.7 Å². The van der Waals surface area contributed by atoms with Crippen molar-refractivity contribution in [3.63, 3.8) is 0 Å². The molecule has 0 heterocycles. The third kappa shape index (κ3) is 2.32. The summed E-state index contributed by atoms with van der Waals surface area (Å²) in [4.78, 5) is 10.7. The van der Waals surface area contributed by atoms with Crippen molar-refractivity contribution in [3.8, 4) is 0 Å². The van der Waals surface area contributed by atoms with Crippen LogP contribution in [0.25, 0.3) is 0 Å². The Kier molecular flexibility index (Phi) is 3.24. The Balaban J connectivity index is 3.02. The summed E-state index contributed by atoms with van der Waals surface area (Å²) < 4.78 is 29.9. The molecule has 6 heteroatoms. The highest BCUT2D eigenvalue weighted by Crippen LogP contribution is 2.22. The second-order valence-electron chi connectivity index (χ2n) is 2.37. The summed E-state index contributed by atoms with van der Waals surface area (Å²) in [6, 6.07) is 1.89. The maximum Gasteiger partial charge on any atom is 0.411 e. The van der Waals surface area contributed by atoms with Crippen LogP contribution < -0.4 is 5.32 Å². The molecule has 0 aromatic heterocycles. The summed E-state index contributed by atoms with van der Waals surface area (Å²) in [5.74, 6) is -2.32. The van der Waals surface area contributed by atoms with Gasteiger partial charge in [0.15, 0.2) is 11.6 Å². The van der Waals surface area contributed by atoms with Crippen molar-refractivity contribution < 1.29 is 18.3 Å². The van der Waals surface area contributed by atoms with Gasteiger partial charge in [-0.05, 0) is 12.1 Å². The molecule has 0 fully saturated rings. The molecule has 0 unspecified atom stereocenters. The molecule has 1 aromatic carbocycles. The van der Waals surface area contributed by atoms with E-state index < -0.39 is 17.7 Å². The molecule has 0 spiro atoms. The van der Waals surface area contributed by atoms with Gasteiger partial charge in [-0.1, -0.05) is 11.6 Å². The van der Waals surface area contributed by atoms with Crippen molar-refractivity contribution in [2.45, 2.75) is 0 Å². The third-order valence-corrected chi connectivity index (χ3v) is 1.63. The number of benzene rings is 1. The third-order valence-electron chi connectivity index (χ3n) is 1.42. The Morgan fingerprint density at radius 3 is 2.71 bits per heavy atom. The van der Waals surface area contributed by atoms with Gasteiger partial charge < -0.3 is 4.74 Å². The number of methoxy groups -OCH3 is 1. The fourth-order valence-electron chi connectivity index (χ4n) is 0.808. The Labute approximate surface area is 83.6 Å². The first-order chi connectivity index (χ1) is 6.54. The highest BCUT2D eigenvalue weighted by atomic mass is 35.5. The largest absolute Gasteiger partial charge is 0.453 e. The first kappa shape index (κ1) is 10.7. The van der Waals surface area contributed by atoms with E-state index in [1.807, 2.05) is 5.32 Å². The summed E-state index contributed by atoms with van der Waals surface area (Å²) in [7, 11) is 1.11. The number of hydrogen-bond acceptors (Lipinski definition) is 2. The summed E-state index contributed by atoms with van der Waals surface area (Å²) in [6.07, 6.45) is -0.898. The molecule has 0 bridgehead atoms. The minimum absolute atomic E-state index is 0.0182. The van der Waals surface area contributed by atoms with Gasteiger partial charge in [0.1, 0.15) is 0 Å². The molecule has 3 nitrogen and oxygen atoms in total. The van der Waals surface area contributed by atoms with Gasteiger partial charge in [0.2, 0.25) is 0 Å². The number of carbonyl (C=O) groups excluding carboxylic acids is 1. The van der Waals surface area contributed by atoms with Gasteiger partial charge in [0, 0.05) is 5.02 Å². The lowest BCUT2D eigenvalue weighted by molar-refractivity contribution is 0.186. The monoisotopic (exact) mass is 221 g/mol. The van der Waals surface area contributed by atoms with Crippen LogP contribution in [0, 0.1) is 11.6 Å². The minimum atomic E-state index is -1.18. The van der Waals surface area contributed by atoms with Gasteiger partial charge in [-0.15, -0.1) is 0 Å². The molecular weight excluding hydrogens is 216 g/mol. The van der Waals surface area contributed by atoms with Gasteiger partial charge in [-0.25, -0.2) is 13.6 Å². The van der Waals surface area contributed by atoms with E-state index in [1.165, 1.54) is 0 Å². The number of rotatable bonds is 1. The number of hydrogen-bond donors (Lipinski definition) is 1. The predicted molar refractivity (Wildman–Crippen MR) is 47.4 cm³/mol. The van der Waals surface area contributed by atoms with Crippen LogP contribution in [0.1, 0.15) is 0 Å². The summed E-state index contributed by atoms with van der Waals surface area (Å²) in [6.45, 7) is 0. The quantitative estimate of drug-likeness (QED) is 0.741. The summed E-state index contributed by atoms with van der Waals surface area (Å²) >= 11 is 5.45. The molecule has 0 atom stereocenters. The SMILES string of the molecule is COC(=O)Nc1cc(Cl)cc(F)c1F. The Bertz CT molecular complexity index is 371. The van der Waals surface area contributed by atoms with E-state index in [4.69, 9.17) is 11.6 Å². The maximum absolute atomic E-state index is 13.0. The van der Waals surface area contributed by atoms with E-state index in [0.717, 1.165) is 19.2 Å². The van der Waals surface area contributed by atoms with Gasteiger partial charge in [-0.2, -0.15) is 0 Å². The van der Waals surface area contributed by atoms with E-state index >= 15 is 0 Å². The zero-order chi connectivity index (χ0) is 10.7. The van der Waals surface area contributed by atoms with E-state index in [0.29, 0.717) is 0 Å². The normalized spacial score (nSPS) is 9.71. The molecule has 1 amide bonds. The molecule has 1 aromatic rings. The second-order valence-corrected chi connectivity index (χ2v) is 2.80. The molecule has 0 radical (unpaired) electrons. The van der Waals surface area contributed by atoms with Crippen LogP contribution in [0.2, 0.25) is 5.02 Å². The van der Waals surface area contributed by atoms with Crippen LogP contribution >= 0.6 is 11.6 Å². The summed E-state index contributed by atoms with van der Waals surface area (Å²) in [5, 5.41) is 1.96. The lowest BCUT2D eigenvalue weighted by Gasteiger charge is -2.05. The topological polar surface area (TPSA) is 38.3 Å². The number of halogens is 3. The molecule has 0 aliphatic rings. The average Bonchev–Trinajstić information content (AvgIpc) is 2.13. The van der Waals surface area contributed by atoms with Crippen LogP contribution in [0.5, 0.6) is 0 Å². The molecule has 14 heavy (non-hydrogen) atoms. The van der Waals surface area contributed by atoms with Gasteiger partial charge in [-0.3, -0.25) is 5.32 Å². The lowest BCUT2D eigenvalue weighted by atomic mass is 10.3. The number of anilines is 1. The molecule has 76 valence electrons. The molecule has 0 saturated carbocycles. The van der Waals surface area contributed by atoms with Crippen molar-refractivity contribution in [1.82, 2.24) is 0 Å². The molecule has 1 N–H and O–H groups in total. The fraction of sp³-hybridized carbons (Fsp3) is 0.125. The van der Waals surface area contributed by atoms with E-state index in [9.17, 15) is 13.6 Å². The van der Waals surface area contributed by atoms with Crippen LogP contribution in [-0.4, -0.2) is 13.2 Å². The minimum Gasteiger partial charge on any atom is -0.453 e. The van der Waals surface area contributed by atoms with Crippen molar-refractivity contribution in [1.29, 1.82) is 0 Å².